The van der Waals surface area contributed by atoms with Crippen LogP contribution in [0.2, 0.25) is 0 Å². The maximum atomic E-state index is 4.24. The van der Waals surface area contributed by atoms with Crippen LogP contribution < -0.4 is 10.6 Å². The summed E-state index contributed by atoms with van der Waals surface area (Å²) in [4.78, 5) is 6.77. The van der Waals surface area contributed by atoms with E-state index >= 15 is 0 Å². The van der Waals surface area contributed by atoms with Crippen LogP contribution in [0.15, 0.2) is 4.99 Å². The van der Waals surface area contributed by atoms with Crippen LogP contribution >= 0.6 is 35.7 Å². The molecule has 0 spiro atoms. The quantitative estimate of drug-likeness (QED) is 0.425. The molecule has 0 atom stereocenters. The van der Waals surface area contributed by atoms with Crippen molar-refractivity contribution in [3.05, 3.63) is 0 Å². The molecule has 2 N–H and O–H groups in total. The molecule has 6 heteroatoms. The van der Waals surface area contributed by atoms with Crippen molar-refractivity contribution in [2.24, 2.45) is 10.9 Å². The topological polar surface area (TPSA) is 39.7 Å². The Kier molecular flexibility index (Phi) is 8.41. The highest BCUT2D eigenvalue weighted by atomic mass is 127. The van der Waals surface area contributed by atoms with Gasteiger partial charge in [-0.25, -0.2) is 0 Å². The average Bonchev–Trinajstić information content (AvgIpc) is 3.19. The van der Waals surface area contributed by atoms with E-state index in [2.05, 4.69) is 32.3 Å². The van der Waals surface area contributed by atoms with Gasteiger partial charge in [-0.05, 0) is 18.8 Å². The number of nitrogens with one attached hydrogen (secondary N) is 2. The zero-order valence-electron chi connectivity index (χ0n) is 11.2. The zero-order valence-corrected chi connectivity index (χ0v) is 14.3. The van der Waals surface area contributed by atoms with Crippen molar-refractivity contribution in [1.29, 1.82) is 0 Å². The lowest BCUT2D eigenvalue weighted by Gasteiger charge is -2.26. The highest BCUT2D eigenvalue weighted by Gasteiger charge is 2.21. The van der Waals surface area contributed by atoms with Crippen LogP contribution in [0.1, 0.15) is 12.8 Å². The van der Waals surface area contributed by atoms with Crippen LogP contribution in [0.3, 0.4) is 0 Å². The first-order valence-electron chi connectivity index (χ1n) is 6.63. The Balaban J connectivity index is 0.00000162. The van der Waals surface area contributed by atoms with E-state index in [1.54, 1.807) is 0 Å². The summed E-state index contributed by atoms with van der Waals surface area (Å²) in [5.41, 5.74) is 0. The molecule has 0 bridgehead atoms. The molecule has 106 valence electrons. The standard InChI is InChI=1S/C12H24N4S.HI/c1-13-12(15-10-11-2-3-11)14-4-5-16-6-8-17-9-7-16;/h11H,2-10H2,1H3,(H2,13,14,15);1H. The monoisotopic (exact) mass is 384 g/mol. The number of aliphatic imine (C=N–C) groups is 1. The number of nitrogens with zero attached hydrogens (tertiary/aromatic N) is 2. The molecular weight excluding hydrogens is 359 g/mol. The second-order valence-electron chi connectivity index (χ2n) is 4.78. The summed E-state index contributed by atoms with van der Waals surface area (Å²) in [5, 5.41) is 6.78. The number of rotatable bonds is 5. The van der Waals surface area contributed by atoms with Gasteiger partial charge in [0.15, 0.2) is 5.96 Å². The maximum Gasteiger partial charge on any atom is 0.191 e. The summed E-state index contributed by atoms with van der Waals surface area (Å²) < 4.78 is 0. The largest absolute Gasteiger partial charge is 0.356 e. The van der Waals surface area contributed by atoms with E-state index in [0.29, 0.717) is 0 Å². The van der Waals surface area contributed by atoms with E-state index in [9.17, 15) is 0 Å². The Labute approximate surface area is 132 Å². The fraction of sp³-hybridized carbons (Fsp3) is 0.917. The van der Waals surface area contributed by atoms with Crippen molar-refractivity contribution in [3.63, 3.8) is 0 Å². The third-order valence-corrected chi connectivity index (χ3v) is 4.25. The van der Waals surface area contributed by atoms with Crippen LogP contribution in [0.4, 0.5) is 0 Å². The second kappa shape index (κ2) is 9.25. The zero-order chi connectivity index (χ0) is 11.9. The van der Waals surface area contributed by atoms with E-state index in [1.165, 1.54) is 37.4 Å². The third kappa shape index (κ3) is 6.47. The third-order valence-electron chi connectivity index (χ3n) is 3.30. The average molecular weight is 384 g/mol. The van der Waals surface area contributed by atoms with Gasteiger partial charge in [0.2, 0.25) is 0 Å². The molecule has 18 heavy (non-hydrogen) atoms. The van der Waals surface area contributed by atoms with Crippen LogP contribution in [0.25, 0.3) is 0 Å². The van der Waals surface area contributed by atoms with Gasteiger partial charge in [0, 0.05) is 51.3 Å². The minimum absolute atomic E-state index is 0. The van der Waals surface area contributed by atoms with Gasteiger partial charge in [-0.3, -0.25) is 9.89 Å². The molecule has 1 saturated heterocycles. The van der Waals surface area contributed by atoms with Gasteiger partial charge in [0.25, 0.3) is 0 Å². The minimum atomic E-state index is 0. The smallest absolute Gasteiger partial charge is 0.191 e. The van der Waals surface area contributed by atoms with E-state index in [4.69, 9.17) is 0 Å². The summed E-state index contributed by atoms with van der Waals surface area (Å²) in [7, 11) is 1.85. The predicted octanol–water partition coefficient (Wildman–Crippen LogP) is 1.23. The fourth-order valence-electron chi connectivity index (χ4n) is 1.94. The summed E-state index contributed by atoms with van der Waals surface area (Å²) in [6.45, 7) is 5.68. The molecule has 0 amide bonds. The first-order valence-corrected chi connectivity index (χ1v) is 7.78. The first-order chi connectivity index (χ1) is 8.38. The van der Waals surface area contributed by atoms with Crippen molar-refractivity contribution < 1.29 is 0 Å². The highest BCUT2D eigenvalue weighted by Crippen LogP contribution is 2.27. The summed E-state index contributed by atoms with van der Waals surface area (Å²) in [5.74, 6) is 4.43. The Hall–Kier alpha value is 0.310. The molecule has 0 aromatic heterocycles. The van der Waals surface area contributed by atoms with Gasteiger partial charge >= 0.3 is 0 Å². The van der Waals surface area contributed by atoms with Crippen molar-refractivity contribution in [2.45, 2.75) is 12.8 Å². The number of guanidine groups is 1. The van der Waals surface area contributed by atoms with Gasteiger partial charge in [-0.1, -0.05) is 0 Å². The fourth-order valence-corrected chi connectivity index (χ4v) is 2.92. The Morgan fingerprint density at radius 3 is 2.61 bits per heavy atom. The highest BCUT2D eigenvalue weighted by molar-refractivity contribution is 14.0. The molecule has 2 aliphatic rings. The van der Waals surface area contributed by atoms with Crippen LogP contribution in [0.5, 0.6) is 0 Å². The van der Waals surface area contributed by atoms with Gasteiger partial charge < -0.3 is 10.6 Å². The second-order valence-corrected chi connectivity index (χ2v) is 6.00. The molecular formula is C12H25IN4S. The minimum Gasteiger partial charge on any atom is -0.356 e. The first kappa shape index (κ1) is 16.4. The predicted molar refractivity (Wildman–Crippen MR) is 91.3 cm³/mol. The number of hydrogen-bond donors (Lipinski definition) is 2. The number of hydrogen-bond acceptors (Lipinski definition) is 3. The van der Waals surface area contributed by atoms with Gasteiger partial charge in [0.05, 0.1) is 0 Å². The molecule has 2 rings (SSSR count). The number of thioether (sulfide) groups is 1. The summed E-state index contributed by atoms with van der Waals surface area (Å²) >= 11 is 2.06. The summed E-state index contributed by atoms with van der Waals surface area (Å²) in [6, 6.07) is 0. The molecule has 2 fully saturated rings. The van der Waals surface area contributed by atoms with Crippen LogP contribution in [-0.4, -0.2) is 62.1 Å². The van der Waals surface area contributed by atoms with Gasteiger partial charge in [-0.15, -0.1) is 24.0 Å². The molecule has 0 radical (unpaired) electrons. The lowest BCUT2D eigenvalue weighted by Crippen LogP contribution is -2.43. The Morgan fingerprint density at radius 1 is 1.28 bits per heavy atom. The van der Waals surface area contributed by atoms with Crippen LogP contribution in [0, 0.1) is 5.92 Å². The Bertz CT molecular complexity index is 252. The molecule has 1 heterocycles. The van der Waals surface area contributed by atoms with Crippen molar-refractivity contribution in [2.75, 3.05) is 51.3 Å². The van der Waals surface area contributed by atoms with Crippen molar-refractivity contribution >= 4 is 41.7 Å². The molecule has 1 aliphatic carbocycles. The summed E-state index contributed by atoms with van der Waals surface area (Å²) in [6.07, 6.45) is 2.77. The van der Waals surface area contributed by atoms with Gasteiger partial charge in [0.1, 0.15) is 0 Å². The van der Waals surface area contributed by atoms with Crippen molar-refractivity contribution in [3.8, 4) is 0 Å². The Morgan fingerprint density at radius 2 is 2.00 bits per heavy atom. The maximum absolute atomic E-state index is 4.24. The van der Waals surface area contributed by atoms with Crippen LogP contribution in [-0.2, 0) is 0 Å². The molecule has 1 aliphatic heterocycles. The van der Waals surface area contributed by atoms with E-state index < -0.39 is 0 Å². The lowest BCUT2D eigenvalue weighted by molar-refractivity contribution is 0.307. The number of halogens is 1. The molecule has 1 saturated carbocycles. The molecule has 0 unspecified atom stereocenters. The van der Waals surface area contributed by atoms with Crippen molar-refractivity contribution in [1.82, 2.24) is 15.5 Å². The van der Waals surface area contributed by atoms with E-state index in [0.717, 1.165) is 31.5 Å². The van der Waals surface area contributed by atoms with Gasteiger partial charge in [-0.2, -0.15) is 11.8 Å². The molecule has 0 aromatic carbocycles. The molecule has 0 aromatic rings. The van der Waals surface area contributed by atoms with E-state index in [-0.39, 0.29) is 24.0 Å². The SMILES string of the molecule is CN=C(NCCN1CCSCC1)NCC1CC1.I. The lowest BCUT2D eigenvalue weighted by atomic mass is 10.4. The normalized spacial score (nSPS) is 21.3. The molecule has 4 nitrogen and oxygen atoms in total. The van der Waals surface area contributed by atoms with E-state index in [1.807, 2.05) is 7.05 Å².